The van der Waals surface area contributed by atoms with Crippen LogP contribution < -0.4 is 0 Å². The van der Waals surface area contributed by atoms with Crippen molar-refractivity contribution in [3.05, 3.63) is 37.8 Å². The smallest absolute Gasteiger partial charge is 0.338 e. The quantitative estimate of drug-likeness (QED) is 0.363. The molecule has 0 atom stereocenters. The van der Waals surface area contributed by atoms with Crippen molar-refractivity contribution in [3.63, 3.8) is 0 Å². The van der Waals surface area contributed by atoms with Gasteiger partial charge in [0.2, 0.25) is 0 Å². The molecule has 1 aromatic carbocycles. The van der Waals surface area contributed by atoms with E-state index in [1.54, 1.807) is 0 Å². The van der Waals surface area contributed by atoms with Gasteiger partial charge in [0, 0.05) is 5.33 Å². The van der Waals surface area contributed by atoms with Crippen LogP contribution in [0.5, 0.6) is 0 Å². The molecule has 5 nitrogen and oxygen atoms in total. The number of ether oxygens (including phenoxy) is 1. The molecule has 0 amide bonds. The number of halogens is 2. The predicted octanol–water partition coefficient (Wildman–Crippen LogP) is 3.04. The van der Waals surface area contributed by atoms with Crippen LogP contribution in [0.25, 0.3) is 0 Å². The lowest BCUT2D eigenvalue weighted by Crippen LogP contribution is -2.07. The Morgan fingerprint density at radius 2 is 2.19 bits per heavy atom. The van der Waals surface area contributed by atoms with Crippen LogP contribution >= 0.6 is 31.9 Å². The highest BCUT2D eigenvalue weighted by atomic mass is 79.9. The molecular formula is C9H7Br2NO4. The number of esters is 1. The van der Waals surface area contributed by atoms with Crippen LogP contribution in [0.1, 0.15) is 15.9 Å². The molecule has 0 aliphatic rings. The number of carbonyl (C=O) groups is 1. The molecule has 0 aromatic heterocycles. The van der Waals surface area contributed by atoms with Crippen molar-refractivity contribution in [2.24, 2.45) is 0 Å². The summed E-state index contributed by atoms with van der Waals surface area (Å²) in [7, 11) is 1.23. The summed E-state index contributed by atoms with van der Waals surface area (Å²) in [5.74, 6) is -0.593. The molecule has 0 unspecified atom stereocenters. The van der Waals surface area contributed by atoms with E-state index in [-0.39, 0.29) is 16.6 Å². The van der Waals surface area contributed by atoms with E-state index in [9.17, 15) is 14.9 Å². The van der Waals surface area contributed by atoms with E-state index >= 15 is 0 Å². The summed E-state index contributed by atoms with van der Waals surface area (Å²) in [6.45, 7) is 0. The molecule has 0 bridgehead atoms. The average Bonchev–Trinajstić information content (AvgIpc) is 2.26. The number of hydrogen-bond donors (Lipinski definition) is 0. The maximum absolute atomic E-state index is 11.4. The lowest BCUT2D eigenvalue weighted by atomic mass is 10.1. The van der Waals surface area contributed by atoms with Gasteiger partial charge in [-0.05, 0) is 28.1 Å². The van der Waals surface area contributed by atoms with Crippen LogP contribution in [0, 0.1) is 10.1 Å². The van der Waals surface area contributed by atoms with Gasteiger partial charge in [0.25, 0.3) is 5.69 Å². The predicted molar refractivity (Wildman–Crippen MR) is 64.8 cm³/mol. The van der Waals surface area contributed by atoms with Crippen molar-refractivity contribution >= 4 is 43.5 Å². The Labute approximate surface area is 108 Å². The van der Waals surface area contributed by atoms with Gasteiger partial charge in [-0.15, -0.1) is 0 Å². The summed E-state index contributed by atoms with van der Waals surface area (Å²) >= 11 is 6.21. The molecule has 0 N–H and O–H groups in total. The van der Waals surface area contributed by atoms with Crippen LogP contribution in [0.3, 0.4) is 0 Å². The first-order valence-electron chi connectivity index (χ1n) is 4.13. The minimum absolute atomic E-state index is 0.125. The van der Waals surface area contributed by atoms with Gasteiger partial charge in [0.05, 0.1) is 27.6 Å². The Bertz CT molecular complexity index is 447. The van der Waals surface area contributed by atoms with Crippen molar-refractivity contribution in [1.82, 2.24) is 0 Å². The summed E-state index contributed by atoms with van der Waals surface area (Å²) in [6.07, 6.45) is 0. The molecule has 0 heterocycles. The SMILES string of the molecule is COC(=O)c1ccc(Br)c([N+](=O)[O-])c1CBr. The number of methoxy groups -OCH3 is 1. The number of benzene rings is 1. The first-order valence-corrected chi connectivity index (χ1v) is 6.04. The summed E-state index contributed by atoms with van der Waals surface area (Å²) in [4.78, 5) is 21.7. The Kier molecular flexibility index (Phi) is 4.43. The molecule has 7 heteroatoms. The first kappa shape index (κ1) is 13.1. The van der Waals surface area contributed by atoms with Crippen molar-refractivity contribution in [1.29, 1.82) is 0 Å². The van der Waals surface area contributed by atoms with Gasteiger partial charge < -0.3 is 4.74 Å². The van der Waals surface area contributed by atoms with Crippen LogP contribution in [0.2, 0.25) is 0 Å². The summed E-state index contributed by atoms with van der Waals surface area (Å²) in [5.41, 5.74) is 0.361. The molecule has 16 heavy (non-hydrogen) atoms. The van der Waals surface area contributed by atoms with Crippen molar-refractivity contribution in [3.8, 4) is 0 Å². The monoisotopic (exact) mass is 351 g/mol. The summed E-state index contributed by atoms with van der Waals surface area (Å²) < 4.78 is 4.89. The molecular weight excluding hydrogens is 346 g/mol. The normalized spacial score (nSPS) is 9.94. The number of nitro benzene ring substituents is 1. The second kappa shape index (κ2) is 5.40. The fourth-order valence-electron chi connectivity index (χ4n) is 1.24. The largest absolute Gasteiger partial charge is 0.465 e. The van der Waals surface area contributed by atoms with Gasteiger partial charge in [-0.25, -0.2) is 4.79 Å². The lowest BCUT2D eigenvalue weighted by molar-refractivity contribution is -0.386. The fraction of sp³-hybridized carbons (Fsp3) is 0.222. The van der Waals surface area contributed by atoms with E-state index in [4.69, 9.17) is 0 Å². The summed E-state index contributed by atoms with van der Waals surface area (Å²) in [5, 5.41) is 11.1. The van der Waals surface area contributed by atoms with E-state index in [2.05, 4.69) is 36.6 Å². The van der Waals surface area contributed by atoms with Gasteiger partial charge in [-0.1, -0.05) is 15.9 Å². The Morgan fingerprint density at radius 3 is 2.62 bits per heavy atom. The average molecular weight is 353 g/mol. The third kappa shape index (κ3) is 2.41. The zero-order valence-corrected chi connectivity index (χ0v) is 11.4. The Morgan fingerprint density at radius 1 is 1.56 bits per heavy atom. The van der Waals surface area contributed by atoms with Crippen LogP contribution in [0.15, 0.2) is 16.6 Å². The highest BCUT2D eigenvalue weighted by Crippen LogP contribution is 2.33. The highest BCUT2D eigenvalue weighted by molar-refractivity contribution is 9.10. The number of hydrogen-bond acceptors (Lipinski definition) is 4. The second-order valence-corrected chi connectivity index (χ2v) is 4.22. The molecule has 86 valence electrons. The van der Waals surface area contributed by atoms with Crippen LogP contribution in [-0.2, 0) is 10.1 Å². The zero-order valence-electron chi connectivity index (χ0n) is 8.20. The van der Waals surface area contributed by atoms with E-state index in [0.717, 1.165) is 0 Å². The van der Waals surface area contributed by atoms with Crippen molar-refractivity contribution in [2.45, 2.75) is 5.33 Å². The number of rotatable bonds is 3. The molecule has 0 saturated heterocycles. The van der Waals surface area contributed by atoms with Crippen molar-refractivity contribution < 1.29 is 14.5 Å². The molecule has 0 fully saturated rings. The van der Waals surface area contributed by atoms with Gasteiger partial charge in [0.1, 0.15) is 0 Å². The van der Waals surface area contributed by atoms with E-state index in [1.165, 1.54) is 19.2 Å². The van der Waals surface area contributed by atoms with E-state index < -0.39 is 10.9 Å². The fourth-order valence-corrected chi connectivity index (χ4v) is 2.33. The lowest BCUT2D eigenvalue weighted by Gasteiger charge is -2.07. The molecule has 0 aliphatic heterocycles. The van der Waals surface area contributed by atoms with Gasteiger partial charge >= 0.3 is 5.97 Å². The van der Waals surface area contributed by atoms with E-state index in [0.29, 0.717) is 10.0 Å². The third-order valence-electron chi connectivity index (χ3n) is 1.96. The minimum atomic E-state index is -0.593. The molecule has 1 aromatic rings. The van der Waals surface area contributed by atoms with Crippen molar-refractivity contribution in [2.75, 3.05) is 7.11 Å². The second-order valence-electron chi connectivity index (χ2n) is 2.80. The number of alkyl halides is 1. The standard InChI is InChI=1S/C9H7Br2NO4/c1-16-9(13)5-2-3-7(11)8(12(14)15)6(5)4-10/h2-3H,4H2,1H3. The number of nitro groups is 1. The maximum Gasteiger partial charge on any atom is 0.338 e. The van der Waals surface area contributed by atoms with Crippen LogP contribution in [-0.4, -0.2) is 18.0 Å². The van der Waals surface area contributed by atoms with Gasteiger partial charge in [-0.2, -0.15) is 0 Å². The maximum atomic E-state index is 11.4. The topological polar surface area (TPSA) is 69.4 Å². The minimum Gasteiger partial charge on any atom is -0.465 e. The molecule has 0 radical (unpaired) electrons. The number of carbonyl (C=O) groups excluding carboxylic acids is 1. The van der Waals surface area contributed by atoms with E-state index in [1.807, 2.05) is 0 Å². The van der Waals surface area contributed by atoms with Gasteiger partial charge in [-0.3, -0.25) is 10.1 Å². The Hall–Kier alpha value is -0.950. The first-order chi connectivity index (χ1) is 7.52. The molecule has 0 spiro atoms. The zero-order chi connectivity index (χ0) is 12.3. The number of nitrogens with zero attached hydrogens (tertiary/aromatic N) is 1. The summed E-state index contributed by atoms with van der Waals surface area (Å²) in [6, 6.07) is 2.94. The molecule has 0 aliphatic carbocycles. The highest BCUT2D eigenvalue weighted by Gasteiger charge is 2.24. The van der Waals surface area contributed by atoms with Crippen LogP contribution in [0.4, 0.5) is 5.69 Å². The Balaban J connectivity index is 3.48. The molecule has 0 saturated carbocycles. The third-order valence-corrected chi connectivity index (χ3v) is 3.16. The molecule has 1 rings (SSSR count). The van der Waals surface area contributed by atoms with Gasteiger partial charge in [0.15, 0.2) is 0 Å².